The van der Waals surface area contributed by atoms with Crippen LogP contribution in [0.25, 0.3) is 0 Å². The van der Waals surface area contributed by atoms with Crippen LogP contribution in [0.15, 0.2) is 0 Å². The van der Waals surface area contributed by atoms with Crippen LogP contribution in [0.3, 0.4) is 0 Å². The average molecular weight is 192 g/mol. The van der Waals surface area contributed by atoms with Gasteiger partial charge in [-0.1, -0.05) is 13.8 Å². The molecule has 1 amide bonds. The standard InChI is InChI=1S/C7H12FNO4/c1-4(2)5(6(10)11)9-7(12)13-3-8/h4-5H,3H2,1-2H3,(H,9,12)(H,10,11)/p-1. The number of hydrogen-bond donors (Lipinski definition) is 1. The number of carbonyl (C=O) groups excluding carboxylic acids is 2. The number of hydrogen-bond acceptors (Lipinski definition) is 4. The topological polar surface area (TPSA) is 78.5 Å². The molecular weight excluding hydrogens is 181 g/mol. The quantitative estimate of drug-likeness (QED) is 0.646. The van der Waals surface area contributed by atoms with Crippen LogP contribution in [0.5, 0.6) is 0 Å². The van der Waals surface area contributed by atoms with Crippen molar-refractivity contribution < 1.29 is 23.8 Å². The molecule has 0 fully saturated rings. The minimum Gasteiger partial charge on any atom is -0.548 e. The molecule has 0 heterocycles. The predicted octanol–water partition coefficient (Wildman–Crippen LogP) is -0.586. The molecule has 76 valence electrons. The zero-order chi connectivity index (χ0) is 10.4. The van der Waals surface area contributed by atoms with Crippen molar-refractivity contribution in [2.24, 2.45) is 5.92 Å². The normalized spacial score (nSPS) is 12.3. The summed E-state index contributed by atoms with van der Waals surface area (Å²) in [5.74, 6) is -1.78. The van der Waals surface area contributed by atoms with E-state index in [0.29, 0.717) is 0 Å². The van der Waals surface area contributed by atoms with E-state index in [1.54, 1.807) is 13.8 Å². The molecule has 6 heteroatoms. The van der Waals surface area contributed by atoms with Gasteiger partial charge in [0.25, 0.3) is 0 Å². The molecule has 0 aromatic heterocycles. The first-order chi connectivity index (χ1) is 5.99. The molecule has 0 aliphatic heterocycles. The van der Waals surface area contributed by atoms with Gasteiger partial charge in [0.1, 0.15) is 0 Å². The van der Waals surface area contributed by atoms with Crippen molar-refractivity contribution >= 4 is 12.1 Å². The molecule has 5 nitrogen and oxygen atoms in total. The van der Waals surface area contributed by atoms with Crippen LogP contribution < -0.4 is 10.4 Å². The maximum absolute atomic E-state index is 11.5. The number of nitrogens with one attached hydrogen (secondary N) is 1. The Morgan fingerprint density at radius 3 is 2.38 bits per heavy atom. The maximum Gasteiger partial charge on any atom is 0.410 e. The third-order valence-corrected chi connectivity index (χ3v) is 1.38. The number of aliphatic carboxylic acids is 1. The maximum atomic E-state index is 11.5. The van der Waals surface area contributed by atoms with Gasteiger partial charge in [0.15, 0.2) is 0 Å². The molecule has 1 atom stereocenters. The van der Waals surface area contributed by atoms with Crippen LogP contribution in [-0.2, 0) is 9.53 Å². The summed E-state index contributed by atoms with van der Waals surface area (Å²) < 4.78 is 15.3. The fourth-order valence-corrected chi connectivity index (χ4v) is 0.716. The highest BCUT2D eigenvalue weighted by Gasteiger charge is 2.17. The SMILES string of the molecule is CC(C)C(NC(=O)OCF)C(=O)[O-]. The van der Waals surface area contributed by atoms with Gasteiger partial charge in [-0.25, -0.2) is 9.18 Å². The van der Waals surface area contributed by atoms with Gasteiger partial charge in [-0.05, 0) is 5.92 Å². The number of alkyl carbamates (subject to hydrolysis) is 1. The second-order valence-electron chi connectivity index (χ2n) is 2.73. The van der Waals surface area contributed by atoms with Gasteiger partial charge in [-0.2, -0.15) is 0 Å². The largest absolute Gasteiger partial charge is 0.548 e. The van der Waals surface area contributed by atoms with Gasteiger partial charge < -0.3 is 20.0 Å². The Hall–Kier alpha value is -1.33. The summed E-state index contributed by atoms with van der Waals surface area (Å²) in [5.41, 5.74) is 0. The molecule has 0 spiro atoms. The van der Waals surface area contributed by atoms with Crippen LogP contribution in [-0.4, -0.2) is 25.0 Å². The van der Waals surface area contributed by atoms with E-state index in [2.05, 4.69) is 4.74 Å². The highest BCUT2D eigenvalue weighted by Crippen LogP contribution is 2.00. The van der Waals surface area contributed by atoms with E-state index >= 15 is 0 Å². The number of carboxylic acid groups (broad SMARTS) is 1. The average Bonchev–Trinajstić information content (AvgIpc) is 1.99. The fourth-order valence-electron chi connectivity index (χ4n) is 0.716. The van der Waals surface area contributed by atoms with Gasteiger partial charge in [-0.3, -0.25) is 0 Å². The molecule has 0 saturated carbocycles. The van der Waals surface area contributed by atoms with Crippen molar-refractivity contribution in [3.8, 4) is 0 Å². The second kappa shape index (κ2) is 5.34. The summed E-state index contributed by atoms with van der Waals surface area (Å²) >= 11 is 0. The number of rotatable bonds is 4. The molecule has 0 rings (SSSR count). The summed E-state index contributed by atoms with van der Waals surface area (Å²) in [6.07, 6.45) is -1.11. The molecular formula is C7H11FNO4-. The van der Waals surface area contributed by atoms with Crippen molar-refractivity contribution in [2.45, 2.75) is 19.9 Å². The molecule has 0 aromatic carbocycles. The number of amides is 1. The highest BCUT2D eigenvalue weighted by molar-refractivity contribution is 5.78. The van der Waals surface area contributed by atoms with E-state index < -0.39 is 25.0 Å². The van der Waals surface area contributed by atoms with Crippen molar-refractivity contribution in [1.82, 2.24) is 5.32 Å². The zero-order valence-corrected chi connectivity index (χ0v) is 7.37. The molecule has 13 heavy (non-hydrogen) atoms. The monoisotopic (exact) mass is 192 g/mol. The van der Waals surface area contributed by atoms with Gasteiger partial charge in [0.2, 0.25) is 6.86 Å². The smallest absolute Gasteiger partial charge is 0.410 e. The molecule has 0 aliphatic carbocycles. The molecule has 0 aliphatic rings. The predicted molar refractivity (Wildman–Crippen MR) is 39.2 cm³/mol. The Balaban J connectivity index is 4.10. The minimum atomic E-state index is -1.43. The second-order valence-corrected chi connectivity index (χ2v) is 2.73. The Bertz CT molecular complexity index is 195. The lowest BCUT2D eigenvalue weighted by Gasteiger charge is -2.22. The van der Waals surface area contributed by atoms with Crippen molar-refractivity contribution in [1.29, 1.82) is 0 Å². The molecule has 0 bridgehead atoms. The van der Waals surface area contributed by atoms with Crippen LogP contribution in [0.1, 0.15) is 13.8 Å². The number of halogens is 1. The third-order valence-electron chi connectivity index (χ3n) is 1.38. The number of alkyl halides is 1. The third kappa shape index (κ3) is 4.29. The fraction of sp³-hybridized carbons (Fsp3) is 0.714. The number of carbonyl (C=O) groups is 2. The van der Waals surface area contributed by atoms with Gasteiger partial charge >= 0.3 is 6.09 Å². The van der Waals surface area contributed by atoms with E-state index in [1.165, 1.54) is 0 Å². The molecule has 0 saturated heterocycles. The summed E-state index contributed by atoms with van der Waals surface area (Å²) in [4.78, 5) is 21.0. The van der Waals surface area contributed by atoms with E-state index in [4.69, 9.17) is 0 Å². The van der Waals surface area contributed by atoms with E-state index in [-0.39, 0.29) is 5.92 Å². The number of ether oxygens (including phenoxy) is 1. The van der Waals surface area contributed by atoms with Gasteiger partial charge in [-0.15, -0.1) is 0 Å². The molecule has 0 radical (unpaired) electrons. The van der Waals surface area contributed by atoms with Gasteiger partial charge in [0.05, 0.1) is 12.0 Å². The first kappa shape index (κ1) is 11.7. The Morgan fingerprint density at radius 1 is 1.54 bits per heavy atom. The lowest BCUT2D eigenvalue weighted by Crippen LogP contribution is -2.50. The Morgan fingerprint density at radius 2 is 2.08 bits per heavy atom. The summed E-state index contributed by atoms with van der Waals surface area (Å²) in [6.45, 7) is 1.87. The molecule has 0 aromatic rings. The van der Waals surface area contributed by atoms with Crippen molar-refractivity contribution in [3.05, 3.63) is 0 Å². The summed E-state index contributed by atoms with van der Waals surface area (Å²) in [5, 5.41) is 12.4. The lowest BCUT2D eigenvalue weighted by atomic mass is 10.1. The Labute approximate surface area is 74.9 Å². The zero-order valence-electron chi connectivity index (χ0n) is 7.37. The first-order valence-corrected chi connectivity index (χ1v) is 3.69. The van der Waals surface area contributed by atoms with E-state index in [9.17, 15) is 19.1 Å². The van der Waals surface area contributed by atoms with Crippen LogP contribution in [0.4, 0.5) is 9.18 Å². The first-order valence-electron chi connectivity index (χ1n) is 3.69. The van der Waals surface area contributed by atoms with Crippen LogP contribution in [0.2, 0.25) is 0 Å². The summed E-state index contributed by atoms with van der Waals surface area (Å²) in [6, 6.07) is -1.17. The van der Waals surface area contributed by atoms with E-state index in [0.717, 1.165) is 0 Å². The van der Waals surface area contributed by atoms with Crippen molar-refractivity contribution in [2.75, 3.05) is 6.86 Å². The number of carboxylic acids is 1. The van der Waals surface area contributed by atoms with Crippen molar-refractivity contribution in [3.63, 3.8) is 0 Å². The minimum absolute atomic E-state index is 0.350. The van der Waals surface area contributed by atoms with Crippen LogP contribution in [0, 0.1) is 5.92 Å². The van der Waals surface area contributed by atoms with E-state index in [1.807, 2.05) is 5.32 Å². The lowest BCUT2D eigenvalue weighted by molar-refractivity contribution is -0.309. The highest BCUT2D eigenvalue weighted by atomic mass is 19.1. The Kier molecular flexibility index (Phi) is 4.79. The van der Waals surface area contributed by atoms with Gasteiger partial charge in [0, 0.05) is 0 Å². The van der Waals surface area contributed by atoms with Crippen LogP contribution >= 0.6 is 0 Å². The molecule has 1 unspecified atom stereocenters. The summed E-state index contributed by atoms with van der Waals surface area (Å²) in [7, 11) is 0. The molecule has 1 N–H and O–H groups in total.